The predicted molar refractivity (Wildman–Crippen MR) is 150 cm³/mol. The zero-order valence-electron chi connectivity index (χ0n) is 21.4. The van der Waals surface area contributed by atoms with Crippen LogP contribution in [-0.2, 0) is 26.2 Å². The molecule has 196 valence electrons. The van der Waals surface area contributed by atoms with Gasteiger partial charge in [0.15, 0.2) is 0 Å². The van der Waals surface area contributed by atoms with Gasteiger partial charge in [0.05, 0.1) is 10.6 Å². The van der Waals surface area contributed by atoms with Gasteiger partial charge in [-0.3, -0.25) is 13.9 Å². The summed E-state index contributed by atoms with van der Waals surface area (Å²) in [5.41, 5.74) is 2.97. The Labute approximate surface area is 227 Å². The summed E-state index contributed by atoms with van der Waals surface area (Å²) < 4.78 is 29.5. The molecule has 3 aromatic rings. The molecule has 0 saturated heterocycles. The van der Waals surface area contributed by atoms with Gasteiger partial charge in [-0.2, -0.15) is 0 Å². The van der Waals surface area contributed by atoms with E-state index in [9.17, 15) is 18.0 Å². The van der Waals surface area contributed by atoms with Crippen molar-refractivity contribution in [3.05, 3.63) is 94.0 Å². The van der Waals surface area contributed by atoms with E-state index in [0.717, 1.165) is 25.5 Å². The number of carbonyl (C=O) groups excluding carboxylic acids is 2. The molecule has 0 fully saturated rings. The second-order valence-electron chi connectivity index (χ2n) is 8.89. The van der Waals surface area contributed by atoms with Crippen molar-refractivity contribution in [1.29, 1.82) is 0 Å². The van der Waals surface area contributed by atoms with E-state index in [4.69, 9.17) is 0 Å². The minimum Gasteiger partial charge on any atom is -0.355 e. The summed E-state index contributed by atoms with van der Waals surface area (Å²) in [6.45, 7) is 7.28. The normalized spacial score (nSPS) is 12.0. The molecule has 0 aliphatic carbocycles. The van der Waals surface area contributed by atoms with Crippen LogP contribution in [0.15, 0.2) is 82.2 Å². The number of hydrogen-bond donors (Lipinski definition) is 1. The topological polar surface area (TPSA) is 86.8 Å². The lowest BCUT2D eigenvalue weighted by molar-refractivity contribution is -0.139. The monoisotopic (exact) mass is 585 g/mol. The fourth-order valence-electron chi connectivity index (χ4n) is 3.89. The summed E-state index contributed by atoms with van der Waals surface area (Å²) in [6.07, 6.45) is 0. The third-order valence-corrected chi connectivity index (χ3v) is 8.22. The Morgan fingerprint density at radius 1 is 0.946 bits per heavy atom. The number of sulfonamides is 1. The highest BCUT2D eigenvalue weighted by atomic mass is 79.9. The molecule has 1 N–H and O–H groups in total. The molecule has 0 heterocycles. The van der Waals surface area contributed by atoms with E-state index >= 15 is 0 Å². The van der Waals surface area contributed by atoms with Crippen molar-refractivity contribution in [3.63, 3.8) is 0 Å². The SMILES string of the molecule is CCNC(=O)[C@H](C)N(Cc1cccc(Br)c1)C(=O)CN(c1cccc(C)c1)S(=O)(=O)c1ccc(C)cc1. The van der Waals surface area contributed by atoms with Crippen molar-refractivity contribution in [2.75, 3.05) is 17.4 Å². The molecule has 0 spiro atoms. The molecule has 0 aromatic heterocycles. The first-order valence-electron chi connectivity index (χ1n) is 12.0. The summed E-state index contributed by atoms with van der Waals surface area (Å²) in [4.78, 5) is 28.1. The number of carbonyl (C=O) groups is 2. The fourth-order valence-corrected chi connectivity index (χ4v) is 5.74. The molecule has 0 radical (unpaired) electrons. The minimum atomic E-state index is -4.07. The number of nitrogens with zero attached hydrogens (tertiary/aromatic N) is 2. The average molecular weight is 587 g/mol. The zero-order valence-corrected chi connectivity index (χ0v) is 23.8. The molecule has 2 amide bonds. The van der Waals surface area contributed by atoms with Crippen molar-refractivity contribution < 1.29 is 18.0 Å². The molecular formula is C28H32BrN3O4S. The number of anilines is 1. The number of nitrogens with one attached hydrogen (secondary N) is 1. The van der Waals surface area contributed by atoms with Crippen molar-refractivity contribution in [1.82, 2.24) is 10.2 Å². The van der Waals surface area contributed by atoms with Crippen LogP contribution >= 0.6 is 15.9 Å². The molecule has 7 nitrogen and oxygen atoms in total. The van der Waals surface area contributed by atoms with Crippen LogP contribution < -0.4 is 9.62 Å². The molecular weight excluding hydrogens is 554 g/mol. The molecule has 1 atom stereocenters. The first kappa shape index (κ1) is 28.4. The number of likely N-dealkylation sites (N-methyl/N-ethyl adjacent to an activating group) is 1. The fraction of sp³-hybridized carbons (Fsp3) is 0.286. The number of aryl methyl sites for hydroxylation is 2. The second-order valence-corrected chi connectivity index (χ2v) is 11.7. The van der Waals surface area contributed by atoms with E-state index in [1.807, 2.05) is 44.2 Å². The number of rotatable bonds is 10. The quantitative estimate of drug-likeness (QED) is 0.370. The van der Waals surface area contributed by atoms with Crippen molar-refractivity contribution in [2.45, 2.75) is 45.2 Å². The van der Waals surface area contributed by atoms with E-state index in [1.54, 1.807) is 44.2 Å². The molecule has 0 aliphatic rings. The van der Waals surface area contributed by atoms with Crippen LogP contribution in [0, 0.1) is 13.8 Å². The van der Waals surface area contributed by atoms with E-state index < -0.39 is 28.5 Å². The second kappa shape index (κ2) is 12.4. The third-order valence-electron chi connectivity index (χ3n) is 5.94. The molecule has 0 bridgehead atoms. The summed E-state index contributed by atoms with van der Waals surface area (Å²) in [6, 6.07) is 20.2. The lowest BCUT2D eigenvalue weighted by Gasteiger charge is -2.32. The number of hydrogen-bond acceptors (Lipinski definition) is 4. The van der Waals surface area contributed by atoms with E-state index in [2.05, 4.69) is 21.2 Å². The molecule has 0 unspecified atom stereocenters. The van der Waals surface area contributed by atoms with Crippen LogP contribution in [0.3, 0.4) is 0 Å². The van der Waals surface area contributed by atoms with Crippen molar-refractivity contribution in [2.24, 2.45) is 0 Å². The maximum atomic E-state index is 13.8. The van der Waals surface area contributed by atoms with Gasteiger partial charge in [-0.15, -0.1) is 0 Å². The maximum absolute atomic E-state index is 13.8. The van der Waals surface area contributed by atoms with Gasteiger partial charge in [-0.1, -0.05) is 57.9 Å². The number of benzene rings is 3. The van der Waals surface area contributed by atoms with Gasteiger partial charge in [0.2, 0.25) is 11.8 Å². The molecule has 37 heavy (non-hydrogen) atoms. The van der Waals surface area contributed by atoms with Crippen LogP contribution in [0.1, 0.15) is 30.5 Å². The number of halogens is 1. The van der Waals surface area contributed by atoms with Crippen molar-refractivity contribution in [3.8, 4) is 0 Å². The molecule has 9 heteroatoms. The Balaban J connectivity index is 2.03. The summed E-state index contributed by atoms with van der Waals surface area (Å²) in [5.74, 6) is -0.801. The summed E-state index contributed by atoms with van der Waals surface area (Å²) in [5, 5.41) is 2.76. The average Bonchev–Trinajstić information content (AvgIpc) is 2.85. The highest BCUT2D eigenvalue weighted by molar-refractivity contribution is 9.10. The molecule has 0 saturated carbocycles. The van der Waals surface area contributed by atoms with E-state index in [0.29, 0.717) is 12.2 Å². The Morgan fingerprint density at radius 2 is 1.62 bits per heavy atom. The van der Waals surface area contributed by atoms with Crippen LogP contribution in [-0.4, -0.2) is 44.3 Å². The largest absolute Gasteiger partial charge is 0.355 e. The standard InChI is InChI=1S/C28H32BrN3O4S/c1-5-30-28(34)22(4)31(18-23-9-7-10-24(29)17-23)27(33)19-32(25-11-6-8-21(3)16-25)37(35,36)26-14-12-20(2)13-15-26/h6-17,22H,5,18-19H2,1-4H3,(H,30,34)/t22-/m0/s1. The Hall–Kier alpha value is -3.17. The lowest BCUT2D eigenvalue weighted by atomic mass is 10.1. The number of amides is 2. The van der Waals surface area contributed by atoms with Gasteiger partial charge >= 0.3 is 0 Å². The predicted octanol–water partition coefficient (Wildman–Crippen LogP) is 4.81. The summed E-state index contributed by atoms with van der Waals surface area (Å²) >= 11 is 3.44. The van der Waals surface area contributed by atoms with Gasteiger partial charge in [-0.25, -0.2) is 8.42 Å². The van der Waals surface area contributed by atoms with Crippen LogP contribution in [0.4, 0.5) is 5.69 Å². The van der Waals surface area contributed by atoms with Gasteiger partial charge in [0, 0.05) is 17.6 Å². The third kappa shape index (κ3) is 7.20. The molecule has 0 aliphatic heterocycles. The molecule has 3 rings (SSSR count). The first-order chi connectivity index (χ1) is 17.5. The summed E-state index contributed by atoms with van der Waals surface area (Å²) in [7, 11) is -4.07. The van der Waals surface area contributed by atoms with Gasteiger partial charge in [0.1, 0.15) is 12.6 Å². The molecule has 3 aromatic carbocycles. The Kier molecular flexibility index (Phi) is 9.50. The smallest absolute Gasteiger partial charge is 0.264 e. The Morgan fingerprint density at radius 3 is 2.24 bits per heavy atom. The highest BCUT2D eigenvalue weighted by Crippen LogP contribution is 2.26. The van der Waals surface area contributed by atoms with Gasteiger partial charge < -0.3 is 10.2 Å². The maximum Gasteiger partial charge on any atom is 0.264 e. The van der Waals surface area contributed by atoms with Crippen LogP contribution in [0.2, 0.25) is 0 Å². The lowest BCUT2D eigenvalue weighted by Crippen LogP contribution is -2.51. The van der Waals surface area contributed by atoms with E-state index in [-0.39, 0.29) is 17.3 Å². The van der Waals surface area contributed by atoms with E-state index in [1.165, 1.54) is 17.0 Å². The van der Waals surface area contributed by atoms with Gasteiger partial charge in [0.25, 0.3) is 10.0 Å². The highest BCUT2D eigenvalue weighted by Gasteiger charge is 2.32. The zero-order chi connectivity index (χ0) is 27.2. The van der Waals surface area contributed by atoms with Crippen LogP contribution in [0.5, 0.6) is 0 Å². The minimum absolute atomic E-state index is 0.0859. The first-order valence-corrected chi connectivity index (χ1v) is 14.2. The Bertz CT molecular complexity index is 1360. The van der Waals surface area contributed by atoms with Gasteiger partial charge in [-0.05, 0) is 75.2 Å². The van der Waals surface area contributed by atoms with Crippen molar-refractivity contribution >= 4 is 43.5 Å². The van der Waals surface area contributed by atoms with Crippen LogP contribution in [0.25, 0.3) is 0 Å².